The van der Waals surface area contributed by atoms with Crippen molar-refractivity contribution in [1.82, 2.24) is 0 Å². The summed E-state index contributed by atoms with van der Waals surface area (Å²) < 4.78 is 23.3. The van der Waals surface area contributed by atoms with Gasteiger partial charge in [-0.1, -0.05) is 0 Å². The number of hydrogen-bond acceptors (Lipinski definition) is 8. The number of rotatable bonds is 20. The van der Waals surface area contributed by atoms with Gasteiger partial charge < -0.3 is 24.1 Å². The van der Waals surface area contributed by atoms with Crippen molar-refractivity contribution in [2.24, 2.45) is 5.41 Å². The summed E-state index contributed by atoms with van der Waals surface area (Å²) in [5.41, 5.74) is -0.348. The zero-order chi connectivity index (χ0) is 18.6. The first-order valence-corrected chi connectivity index (χ1v) is 10.9. The molecule has 1 N–H and O–H groups in total. The molecule has 25 heavy (non-hydrogen) atoms. The summed E-state index contributed by atoms with van der Waals surface area (Å²) in [6, 6.07) is 0. The highest BCUT2D eigenvalue weighted by Gasteiger charge is 2.32. The number of hydrogen-bond donors (Lipinski definition) is 4. The van der Waals surface area contributed by atoms with E-state index in [1.165, 1.54) is 0 Å². The lowest BCUT2D eigenvalue weighted by Crippen LogP contribution is -2.42. The van der Waals surface area contributed by atoms with E-state index >= 15 is 0 Å². The van der Waals surface area contributed by atoms with Crippen LogP contribution in [0, 0.1) is 5.41 Å². The Hall–Kier alpha value is 0.850. The Labute approximate surface area is 169 Å². The Bertz CT molecular complexity index is 219. The van der Waals surface area contributed by atoms with Gasteiger partial charge >= 0.3 is 0 Å². The van der Waals surface area contributed by atoms with E-state index in [1.807, 2.05) is 0 Å². The minimum Gasteiger partial charge on any atom is -0.396 e. The second kappa shape index (κ2) is 19.6. The Morgan fingerprint density at radius 3 is 1.16 bits per heavy atom. The molecule has 0 amide bonds. The highest BCUT2D eigenvalue weighted by Crippen LogP contribution is 2.21. The highest BCUT2D eigenvalue weighted by molar-refractivity contribution is 7.80. The second-order valence-corrected chi connectivity index (χ2v) is 7.36. The lowest BCUT2D eigenvalue weighted by Gasteiger charge is -2.33. The summed E-state index contributed by atoms with van der Waals surface area (Å²) in [6.45, 7) is 4.66. The Morgan fingerprint density at radius 2 is 0.880 bits per heavy atom. The maximum Gasteiger partial charge on any atom is 0.0637 e. The quantitative estimate of drug-likeness (QED) is 0.181. The molecule has 0 fully saturated rings. The van der Waals surface area contributed by atoms with Crippen LogP contribution in [0.25, 0.3) is 0 Å². The molecule has 0 aromatic heterocycles. The molecule has 152 valence electrons. The fraction of sp³-hybridized carbons (Fsp3) is 1.00. The van der Waals surface area contributed by atoms with Crippen LogP contribution in [0.1, 0.15) is 25.7 Å². The summed E-state index contributed by atoms with van der Waals surface area (Å²) in [4.78, 5) is 0. The SMILES string of the molecule is OCCCOCC(COCCCS)(COCCCS)COCCCS. The van der Waals surface area contributed by atoms with Crippen molar-refractivity contribution >= 4 is 37.9 Å². The molecular formula is C17H36O5S3. The van der Waals surface area contributed by atoms with Crippen LogP contribution in [0.3, 0.4) is 0 Å². The van der Waals surface area contributed by atoms with E-state index in [-0.39, 0.29) is 12.0 Å². The molecule has 5 nitrogen and oxygen atoms in total. The van der Waals surface area contributed by atoms with E-state index in [0.29, 0.717) is 59.3 Å². The average molecular weight is 417 g/mol. The number of aliphatic hydroxyl groups excluding tert-OH is 1. The van der Waals surface area contributed by atoms with Gasteiger partial charge in [0.25, 0.3) is 0 Å². The highest BCUT2D eigenvalue weighted by atomic mass is 32.1. The van der Waals surface area contributed by atoms with Crippen LogP contribution in [0.4, 0.5) is 0 Å². The molecule has 0 radical (unpaired) electrons. The van der Waals surface area contributed by atoms with Gasteiger partial charge in [0.1, 0.15) is 0 Å². The maximum absolute atomic E-state index is 8.92. The van der Waals surface area contributed by atoms with Crippen molar-refractivity contribution in [3.8, 4) is 0 Å². The van der Waals surface area contributed by atoms with Gasteiger partial charge in [0.15, 0.2) is 0 Å². The normalized spacial score (nSPS) is 12.0. The van der Waals surface area contributed by atoms with Crippen LogP contribution in [-0.4, -0.2) is 81.8 Å². The first-order valence-electron chi connectivity index (χ1n) is 8.99. The first kappa shape index (κ1) is 25.9. The van der Waals surface area contributed by atoms with Gasteiger partial charge in [-0.2, -0.15) is 37.9 Å². The zero-order valence-electron chi connectivity index (χ0n) is 15.2. The van der Waals surface area contributed by atoms with Crippen molar-refractivity contribution in [1.29, 1.82) is 0 Å². The van der Waals surface area contributed by atoms with Crippen LogP contribution in [0.5, 0.6) is 0 Å². The van der Waals surface area contributed by atoms with Crippen molar-refractivity contribution in [2.45, 2.75) is 25.7 Å². The molecule has 0 bridgehead atoms. The predicted octanol–water partition coefficient (Wildman–Crippen LogP) is 2.38. The Kier molecular flexibility index (Phi) is 20.3. The number of ether oxygens (including phenoxy) is 4. The summed E-state index contributed by atoms with van der Waals surface area (Å²) in [6.07, 6.45) is 3.35. The molecule has 0 aromatic rings. The molecule has 0 saturated carbocycles. The molecule has 0 aromatic carbocycles. The minimum atomic E-state index is -0.348. The van der Waals surface area contributed by atoms with Crippen molar-refractivity contribution in [2.75, 3.05) is 76.7 Å². The third kappa shape index (κ3) is 15.6. The van der Waals surface area contributed by atoms with Crippen LogP contribution in [0.15, 0.2) is 0 Å². The van der Waals surface area contributed by atoms with E-state index in [1.54, 1.807) is 0 Å². The van der Waals surface area contributed by atoms with Gasteiger partial charge in [0, 0.05) is 33.0 Å². The molecule has 8 heteroatoms. The second-order valence-electron chi connectivity index (χ2n) is 6.02. The number of aliphatic hydroxyl groups is 1. The van der Waals surface area contributed by atoms with E-state index in [2.05, 4.69) is 37.9 Å². The number of thiol groups is 3. The van der Waals surface area contributed by atoms with E-state index < -0.39 is 0 Å². The lowest BCUT2D eigenvalue weighted by atomic mass is 9.92. The third-order valence-electron chi connectivity index (χ3n) is 3.42. The standard InChI is InChI=1S/C17H36O5S3/c18-5-1-6-19-13-17(14-20-7-2-10-23,15-21-8-3-11-24)16-22-9-4-12-25/h18,23-25H,1-16H2. The molecule has 0 unspecified atom stereocenters. The van der Waals surface area contributed by atoms with Crippen LogP contribution >= 0.6 is 37.9 Å². The fourth-order valence-electron chi connectivity index (χ4n) is 2.07. The van der Waals surface area contributed by atoms with Gasteiger partial charge in [-0.05, 0) is 42.9 Å². The van der Waals surface area contributed by atoms with Crippen LogP contribution < -0.4 is 0 Å². The Balaban J connectivity index is 4.62. The van der Waals surface area contributed by atoms with Gasteiger partial charge in [0.2, 0.25) is 0 Å². The van der Waals surface area contributed by atoms with Crippen molar-refractivity contribution in [3.05, 3.63) is 0 Å². The topological polar surface area (TPSA) is 57.2 Å². The largest absolute Gasteiger partial charge is 0.396 e. The van der Waals surface area contributed by atoms with Crippen LogP contribution in [-0.2, 0) is 18.9 Å². The van der Waals surface area contributed by atoms with Crippen molar-refractivity contribution in [3.63, 3.8) is 0 Å². The molecular weight excluding hydrogens is 380 g/mol. The van der Waals surface area contributed by atoms with Gasteiger partial charge in [-0.25, -0.2) is 0 Å². The first-order chi connectivity index (χ1) is 12.2. The van der Waals surface area contributed by atoms with E-state index in [0.717, 1.165) is 36.5 Å². The fourth-order valence-corrected chi connectivity index (χ4v) is 2.46. The average Bonchev–Trinajstić information content (AvgIpc) is 2.63. The molecule has 0 aliphatic carbocycles. The van der Waals surface area contributed by atoms with E-state index in [4.69, 9.17) is 24.1 Å². The predicted molar refractivity (Wildman–Crippen MR) is 113 cm³/mol. The smallest absolute Gasteiger partial charge is 0.0637 e. The Morgan fingerprint density at radius 1 is 0.560 bits per heavy atom. The minimum absolute atomic E-state index is 0.127. The molecule has 0 saturated heterocycles. The summed E-state index contributed by atoms with van der Waals surface area (Å²) in [5, 5.41) is 8.92. The van der Waals surface area contributed by atoms with Gasteiger partial charge in [0.05, 0.1) is 31.8 Å². The summed E-state index contributed by atoms with van der Waals surface area (Å²) in [5.74, 6) is 2.41. The molecule has 0 rings (SSSR count). The van der Waals surface area contributed by atoms with Crippen LogP contribution in [0.2, 0.25) is 0 Å². The van der Waals surface area contributed by atoms with Gasteiger partial charge in [-0.15, -0.1) is 0 Å². The lowest BCUT2D eigenvalue weighted by molar-refractivity contribution is -0.107. The molecule has 0 spiro atoms. The monoisotopic (exact) mass is 416 g/mol. The van der Waals surface area contributed by atoms with Gasteiger partial charge in [-0.3, -0.25) is 0 Å². The van der Waals surface area contributed by atoms with Crippen molar-refractivity contribution < 1.29 is 24.1 Å². The summed E-state index contributed by atoms with van der Waals surface area (Å²) >= 11 is 12.6. The molecule has 0 atom stereocenters. The van der Waals surface area contributed by atoms with E-state index in [9.17, 15) is 0 Å². The third-order valence-corrected chi connectivity index (χ3v) is 4.37. The maximum atomic E-state index is 8.92. The zero-order valence-corrected chi connectivity index (χ0v) is 17.9. The molecule has 0 aliphatic rings. The molecule has 0 heterocycles. The molecule has 0 aliphatic heterocycles. The summed E-state index contributed by atoms with van der Waals surface area (Å²) in [7, 11) is 0.